The minimum Gasteiger partial charge on any atom is -0.367 e. The van der Waals surface area contributed by atoms with Gasteiger partial charge in [-0.25, -0.2) is 4.79 Å². The number of hydrogen-bond acceptors (Lipinski definition) is 10. The highest BCUT2D eigenvalue weighted by molar-refractivity contribution is 7.53. The summed E-state index contributed by atoms with van der Waals surface area (Å²) < 4.78 is 60.4. The highest BCUT2D eigenvalue weighted by Crippen LogP contribution is 2.51. The Labute approximate surface area is 206 Å². The van der Waals surface area contributed by atoms with Crippen LogP contribution in [0.2, 0.25) is 0 Å². The van der Waals surface area contributed by atoms with E-state index >= 15 is 0 Å². The third kappa shape index (κ3) is 12.6. The zero-order valence-electron chi connectivity index (χ0n) is 21.8. The Bertz CT molecular complexity index is 901. The molecule has 0 aromatic carbocycles. The molecule has 14 heteroatoms. The zero-order valence-corrected chi connectivity index (χ0v) is 23.6. The van der Waals surface area contributed by atoms with E-state index in [1.54, 1.807) is 55.4 Å². The molecule has 0 unspecified atom stereocenters. The van der Waals surface area contributed by atoms with Gasteiger partial charge in [0, 0.05) is 12.3 Å². The monoisotopic (exact) mass is 542 g/mol. The molecule has 1 heterocycles. The minimum atomic E-state index is -3.58. The lowest BCUT2D eigenvalue weighted by molar-refractivity contribution is 0.0452. The largest absolute Gasteiger partial charge is 0.367 e. The SMILES string of the molecule is CC(C)OP(=O)(COCC(COCP(=O)(OC(C)C)OC(C)C)n1ccc(=O)[nH]c1=O)OC(C)C. The molecule has 0 aliphatic carbocycles. The molecule has 0 radical (unpaired) electrons. The highest BCUT2D eigenvalue weighted by atomic mass is 31.2. The summed E-state index contributed by atoms with van der Waals surface area (Å²) in [6, 6.07) is 0.412. The van der Waals surface area contributed by atoms with Crippen LogP contribution in [0.15, 0.2) is 21.9 Å². The van der Waals surface area contributed by atoms with E-state index in [1.165, 1.54) is 16.8 Å². The van der Waals surface area contributed by atoms with Crippen molar-refractivity contribution in [1.82, 2.24) is 9.55 Å². The molecular formula is C21H40N2O10P2. The van der Waals surface area contributed by atoms with E-state index < -0.39 is 32.5 Å². The van der Waals surface area contributed by atoms with E-state index in [-0.39, 0.29) is 50.3 Å². The Morgan fingerprint density at radius 3 is 1.43 bits per heavy atom. The number of rotatable bonds is 17. The number of ether oxygens (including phenoxy) is 2. The van der Waals surface area contributed by atoms with Crippen LogP contribution in [0, 0.1) is 0 Å². The number of nitrogens with zero attached hydrogens (tertiary/aromatic N) is 1. The quantitative estimate of drug-likeness (QED) is 0.286. The first-order chi connectivity index (χ1) is 16.1. The van der Waals surface area contributed by atoms with E-state index in [1.807, 2.05) is 0 Å². The van der Waals surface area contributed by atoms with Gasteiger partial charge in [-0.15, -0.1) is 0 Å². The van der Waals surface area contributed by atoms with Crippen LogP contribution in [-0.2, 0) is 36.7 Å². The summed E-state index contributed by atoms with van der Waals surface area (Å²) in [5.41, 5.74) is -1.25. The molecule has 0 bridgehead atoms. The van der Waals surface area contributed by atoms with Crippen molar-refractivity contribution in [1.29, 1.82) is 0 Å². The summed E-state index contributed by atoms with van der Waals surface area (Å²) in [7, 11) is -7.15. The lowest BCUT2D eigenvalue weighted by atomic mass is 10.3. The van der Waals surface area contributed by atoms with Gasteiger partial charge in [0.05, 0.1) is 43.7 Å². The second kappa shape index (κ2) is 14.6. The van der Waals surface area contributed by atoms with Gasteiger partial charge in [-0.05, 0) is 55.4 Å². The Morgan fingerprint density at radius 2 is 1.11 bits per heavy atom. The molecule has 1 aromatic heterocycles. The van der Waals surface area contributed by atoms with E-state index in [4.69, 9.17) is 27.6 Å². The van der Waals surface area contributed by atoms with Crippen molar-refractivity contribution in [3.05, 3.63) is 33.1 Å². The van der Waals surface area contributed by atoms with Gasteiger partial charge in [0.15, 0.2) is 0 Å². The van der Waals surface area contributed by atoms with E-state index in [2.05, 4.69) is 4.98 Å². The van der Waals surface area contributed by atoms with Gasteiger partial charge in [-0.3, -0.25) is 23.5 Å². The van der Waals surface area contributed by atoms with Crippen molar-refractivity contribution in [2.24, 2.45) is 0 Å². The average Bonchev–Trinajstić information content (AvgIpc) is 2.64. The molecular weight excluding hydrogens is 502 g/mol. The Morgan fingerprint density at radius 1 is 0.743 bits per heavy atom. The topological polar surface area (TPSA) is 144 Å². The summed E-state index contributed by atoms with van der Waals surface area (Å²) in [5.74, 6) is 0. The van der Waals surface area contributed by atoms with Crippen LogP contribution in [0.5, 0.6) is 0 Å². The van der Waals surface area contributed by atoms with E-state index in [0.717, 1.165) is 0 Å². The minimum absolute atomic E-state index is 0.140. The summed E-state index contributed by atoms with van der Waals surface area (Å²) in [6.45, 7) is 13.5. The summed E-state index contributed by atoms with van der Waals surface area (Å²) in [6.07, 6.45) is -0.865. The standard InChI is InChI=1S/C21H40N2O10P2/c1-15(2)30-34(26,31-16(3)4)13-28-11-19(23-10-9-20(24)22-21(23)25)12-29-14-35(27,32-17(5)6)33-18(7)8/h9-10,15-19H,11-14H2,1-8H3,(H,22,24,25). The number of H-pyrrole nitrogens is 1. The second-order valence-electron chi connectivity index (χ2n) is 9.01. The summed E-state index contributed by atoms with van der Waals surface area (Å²) in [4.78, 5) is 26.0. The Hall–Kier alpha value is -1.10. The maximum absolute atomic E-state index is 13.0. The van der Waals surface area contributed by atoms with Crippen LogP contribution in [0.3, 0.4) is 0 Å². The molecule has 1 N–H and O–H groups in total. The molecule has 35 heavy (non-hydrogen) atoms. The summed E-state index contributed by atoms with van der Waals surface area (Å²) in [5, 5.41) is 0. The van der Waals surface area contributed by atoms with Gasteiger partial charge in [0.25, 0.3) is 5.56 Å². The number of nitrogens with one attached hydrogen (secondary N) is 1. The smallest absolute Gasteiger partial charge is 0.356 e. The van der Waals surface area contributed by atoms with Crippen molar-refractivity contribution < 1.29 is 36.7 Å². The maximum Gasteiger partial charge on any atom is 0.356 e. The first-order valence-electron chi connectivity index (χ1n) is 11.5. The van der Waals surface area contributed by atoms with Gasteiger partial charge in [0.2, 0.25) is 0 Å². The molecule has 0 saturated carbocycles. The number of aromatic amines is 1. The zero-order chi connectivity index (χ0) is 26.8. The van der Waals surface area contributed by atoms with Crippen LogP contribution in [0.1, 0.15) is 61.4 Å². The first-order valence-corrected chi connectivity index (χ1v) is 15.0. The van der Waals surface area contributed by atoms with Crippen molar-refractivity contribution in [2.75, 3.05) is 25.9 Å². The van der Waals surface area contributed by atoms with Crippen LogP contribution in [-0.4, -0.2) is 59.9 Å². The fourth-order valence-corrected chi connectivity index (χ4v) is 6.55. The maximum atomic E-state index is 13.0. The van der Waals surface area contributed by atoms with Crippen molar-refractivity contribution in [3.8, 4) is 0 Å². The number of aromatic nitrogens is 2. The molecule has 1 aromatic rings. The second-order valence-corrected chi connectivity index (χ2v) is 12.8. The average molecular weight is 543 g/mol. The molecule has 0 fully saturated rings. The molecule has 12 nitrogen and oxygen atoms in total. The van der Waals surface area contributed by atoms with E-state index in [0.29, 0.717) is 0 Å². The van der Waals surface area contributed by atoms with Gasteiger partial charge in [-0.2, -0.15) is 0 Å². The summed E-state index contributed by atoms with van der Waals surface area (Å²) >= 11 is 0. The molecule has 0 spiro atoms. The Kier molecular flexibility index (Phi) is 13.3. The van der Waals surface area contributed by atoms with Crippen molar-refractivity contribution in [3.63, 3.8) is 0 Å². The van der Waals surface area contributed by atoms with Crippen LogP contribution in [0.4, 0.5) is 0 Å². The first kappa shape index (κ1) is 31.9. The third-order valence-corrected chi connectivity index (χ3v) is 7.82. The predicted molar refractivity (Wildman–Crippen MR) is 132 cm³/mol. The van der Waals surface area contributed by atoms with Crippen molar-refractivity contribution >= 4 is 15.2 Å². The Balaban J connectivity index is 3.00. The van der Waals surface area contributed by atoms with Gasteiger partial charge in [0.1, 0.15) is 12.7 Å². The molecule has 0 atom stereocenters. The lowest BCUT2D eigenvalue weighted by Crippen LogP contribution is -2.35. The molecule has 204 valence electrons. The predicted octanol–water partition coefficient (Wildman–Crippen LogP) is 4.11. The van der Waals surface area contributed by atoms with Gasteiger partial charge < -0.3 is 27.6 Å². The lowest BCUT2D eigenvalue weighted by Gasteiger charge is -2.25. The molecule has 0 aliphatic rings. The van der Waals surface area contributed by atoms with Gasteiger partial charge in [-0.1, -0.05) is 0 Å². The molecule has 0 amide bonds. The van der Waals surface area contributed by atoms with E-state index in [9.17, 15) is 18.7 Å². The number of hydrogen-bond donors (Lipinski definition) is 1. The third-order valence-electron chi connectivity index (χ3n) is 3.85. The fraction of sp³-hybridized carbons (Fsp3) is 0.810. The highest BCUT2D eigenvalue weighted by Gasteiger charge is 2.31. The van der Waals surface area contributed by atoms with Gasteiger partial charge >= 0.3 is 20.9 Å². The normalized spacial score (nSPS) is 13.2. The van der Waals surface area contributed by atoms with Crippen molar-refractivity contribution in [2.45, 2.75) is 85.8 Å². The molecule has 1 rings (SSSR count). The molecule has 0 saturated heterocycles. The van der Waals surface area contributed by atoms with Crippen LogP contribution < -0.4 is 11.2 Å². The van der Waals surface area contributed by atoms with Crippen LogP contribution in [0.25, 0.3) is 0 Å². The van der Waals surface area contributed by atoms with Crippen LogP contribution >= 0.6 is 15.2 Å². The fourth-order valence-electron chi connectivity index (χ4n) is 2.98. The molecule has 0 aliphatic heterocycles.